The molecule has 0 bridgehead atoms. The molecule has 1 aromatic heterocycles. The molecule has 2 heterocycles. The summed E-state index contributed by atoms with van der Waals surface area (Å²) in [7, 11) is 0. The van der Waals surface area contributed by atoms with Crippen molar-refractivity contribution >= 4 is 0 Å². The Morgan fingerprint density at radius 2 is 2.12 bits per heavy atom. The summed E-state index contributed by atoms with van der Waals surface area (Å²) < 4.78 is 2.32. The van der Waals surface area contributed by atoms with Crippen LogP contribution in [0.25, 0.3) is 0 Å². The van der Waals surface area contributed by atoms with E-state index in [1.165, 1.54) is 43.6 Å². The molecule has 4 heteroatoms. The Morgan fingerprint density at radius 3 is 2.88 bits per heavy atom. The van der Waals surface area contributed by atoms with Crippen LogP contribution in [0, 0.1) is 0 Å². The highest BCUT2D eigenvalue weighted by atomic mass is 15.2. The van der Waals surface area contributed by atoms with Crippen LogP contribution in [0.5, 0.6) is 0 Å². The van der Waals surface area contributed by atoms with Crippen LogP contribution >= 0.6 is 0 Å². The van der Waals surface area contributed by atoms with Gasteiger partial charge in [-0.1, -0.05) is 12.8 Å². The first kappa shape index (κ1) is 11.2. The van der Waals surface area contributed by atoms with Gasteiger partial charge in [-0.15, -0.1) is 0 Å². The first-order chi connectivity index (χ1) is 8.38. The zero-order valence-electron chi connectivity index (χ0n) is 10.4. The maximum absolute atomic E-state index is 5.65. The topological polar surface area (TPSA) is 47.1 Å². The summed E-state index contributed by atoms with van der Waals surface area (Å²) in [5.41, 5.74) is 8.28. The first-order valence-electron chi connectivity index (χ1n) is 6.85. The van der Waals surface area contributed by atoms with E-state index < -0.39 is 0 Å². The smallest absolute Gasteiger partial charge is 0.0952 e. The monoisotopic (exact) mass is 234 g/mol. The number of hydrogen-bond acceptors (Lipinski definition) is 3. The number of hydrogen-bond donors (Lipinski definition) is 1. The van der Waals surface area contributed by atoms with Crippen LogP contribution < -0.4 is 5.73 Å². The fourth-order valence-electron chi connectivity index (χ4n) is 3.26. The van der Waals surface area contributed by atoms with E-state index in [2.05, 4.69) is 14.5 Å². The first-order valence-corrected chi connectivity index (χ1v) is 6.85. The molecule has 1 saturated carbocycles. The minimum Gasteiger partial charge on any atom is -0.332 e. The van der Waals surface area contributed by atoms with Crippen molar-refractivity contribution in [3.05, 3.63) is 17.7 Å². The van der Waals surface area contributed by atoms with Crippen LogP contribution in [0.2, 0.25) is 0 Å². The van der Waals surface area contributed by atoms with E-state index in [0.717, 1.165) is 25.6 Å². The maximum atomic E-state index is 5.65. The number of imidazole rings is 1. The summed E-state index contributed by atoms with van der Waals surface area (Å²) in [6.07, 6.45) is 8.51. The second-order valence-corrected chi connectivity index (χ2v) is 5.28. The average molecular weight is 234 g/mol. The van der Waals surface area contributed by atoms with E-state index in [1.54, 1.807) is 0 Å². The zero-order chi connectivity index (χ0) is 11.7. The van der Waals surface area contributed by atoms with Gasteiger partial charge in [0.05, 0.1) is 17.7 Å². The van der Waals surface area contributed by atoms with Crippen molar-refractivity contribution in [3.8, 4) is 0 Å². The molecule has 1 aromatic rings. The molecule has 0 saturated heterocycles. The van der Waals surface area contributed by atoms with Gasteiger partial charge in [-0.25, -0.2) is 4.98 Å². The molecule has 0 amide bonds. The number of nitrogens with two attached hydrogens (primary N) is 1. The number of fused-ring (bicyclic) bond motifs is 1. The SMILES string of the molecule is NCCc1ncn2c1CN(C1CCCC1)CC2. The van der Waals surface area contributed by atoms with Gasteiger partial charge in [0.15, 0.2) is 0 Å². The highest BCUT2D eigenvalue weighted by molar-refractivity contribution is 5.15. The van der Waals surface area contributed by atoms with Gasteiger partial charge >= 0.3 is 0 Å². The fourth-order valence-corrected chi connectivity index (χ4v) is 3.26. The minimum absolute atomic E-state index is 0.702. The fraction of sp³-hybridized carbons (Fsp3) is 0.769. The van der Waals surface area contributed by atoms with Crippen LogP contribution in [0.3, 0.4) is 0 Å². The predicted octanol–water partition coefficient (Wildman–Crippen LogP) is 1.14. The molecule has 1 aliphatic heterocycles. The molecule has 0 spiro atoms. The van der Waals surface area contributed by atoms with Crippen LogP contribution in [0.4, 0.5) is 0 Å². The summed E-state index contributed by atoms with van der Waals surface area (Å²) in [6, 6.07) is 0.823. The van der Waals surface area contributed by atoms with Crippen molar-refractivity contribution < 1.29 is 0 Å². The molecule has 94 valence electrons. The second-order valence-electron chi connectivity index (χ2n) is 5.28. The molecule has 2 N–H and O–H groups in total. The van der Waals surface area contributed by atoms with Crippen LogP contribution in [0.1, 0.15) is 37.1 Å². The largest absolute Gasteiger partial charge is 0.332 e. The van der Waals surface area contributed by atoms with Gasteiger partial charge in [-0.3, -0.25) is 4.90 Å². The summed E-state index contributed by atoms with van der Waals surface area (Å²) in [6.45, 7) is 4.08. The quantitative estimate of drug-likeness (QED) is 0.853. The normalized spacial score (nSPS) is 21.9. The molecule has 0 radical (unpaired) electrons. The van der Waals surface area contributed by atoms with E-state index in [4.69, 9.17) is 5.73 Å². The van der Waals surface area contributed by atoms with Gasteiger partial charge in [0.1, 0.15) is 0 Å². The molecule has 4 nitrogen and oxygen atoms in total. The molecule has 1 fully saturated rings. The predicted molar refractivity (Wildman–Crippen MR) is 67.7 cm³/mol. The summed E-state index contributed by atoms with van der Waals surface area (Å²) in [5.74, 6) is 0. The third kappa shape index (κ3) is 2.11. The van der Waals surface area contributed by atoms with Crippen molar-refractivity contribution in [3.63, 3.8) is 0 Å². The molecular weight excluding hydrogens is 212 g/mol. The van der Waals surface area contributed by atoms with Gasteiger partial charge < -0.3 is 10.3 Å². The highest BCUT2D eigenvalue weighted by Gasteiger charge is 2.27. The lowest BCUT2D eigenvalue weighted by Crippen LogP contribution is -2.39. The Balaban J connectivity index is 1.75. The van der Waals surface area contributed by atoms with E-state index >= 15 is 0 Å². The molecule has 0 atom stereocenters. The van der Waals surface area contributed by atoms with Crippen molar-refractivity contribution in [1.29, 1.82) is 0 Å². The molecule has 0 aromatic carbocycles. The Labute approximate surface area is 103 Å². The molecule has 1 aliphatic carbocycles. The van der Waals surface area contributed by atoms with Gasteiger partial charge in [-0.2, -0.15) is 0 Å². The maximum Gasteiger partial charge on any atom is 0.0952 e. The van der Waals surface area contributed by atoms with Crippen LogP contribution in [0.15, 0.2) is 6.33 Å². The lowest BCUT2D eigenvalue weighted by molar-refractivity contribution is 0.157. The Kier molecular flexibility index (Phi) is 3.16. The zero-order valence-corrected chi connectivity index (χ0v) is 10.4. The lowest BCUT2D eigenvalue weighted by atomic mass is 10.1. The second kappa shape index (κ2) is 4.78. The van der Waals surface area contributed by atoms with Gasteiger partial charge in [0, 0.05) is 32.1 Å². The van der Waals surface area contributed by atoms with Gasteiger partial charge in [-0.05, 0) is 19.4 Å². The van der Waals surface area contributed by atoms with Crippen molar-refractivity contribution in [2.24, 2.45) is 5.73 Å². The average Bonchev–Trinajstić information content (AvgIpc) is 2.98. The standard InChI is InChI=1S/C13H22N4/c14-6-5-12-13-9-16(11-3-1-2-4-11)7-8-17(13)10-15-12/h10-11H,1-9,14H2. The van der Waals surface area contributed by atoms with E-state index in [9.17, 15) is 0 Å². The summed E-state index contributed by atoms with van der Waals surface area (Å²) >= 11 is 0. The number of nitrogens with zero attached hydrogens (tertiary/aromatic N) is 3. The third-order valence-electron chi connectivity index (χ3n) is 4.24. The van der Waals surface area contributed by atoms with Crippen LogP contribution in [-0.2, 0) is 19.5 Å². The van der Waals surface area contributed by atoms with Crippen molar-refractivity contribution in [2.45, 2.75) is 51.2 Å². The molecule has 2 aliphatic rings. The van der Waals surface area contributed by atoms with Crippen molar-refractivity contribution in [2.75, 3.05) is 13.1 Å². The molecule has 0 unspecified atom stereocenters. The molecule has 17 heavy (non-hydrogen) atoms. The summed E-state index contributed by atoms with van der Waals surface area (Å²) in [5, 5.41) is 0. The number of rotatable bonds is 3. The molecular formula is C13H22N4. The summed E-state index contributed by atoms with van der Waals surface area (Å²) in [4.78, 5) is 7.16. The highest BCUT2D eigenvalue weighted by Crippen LogP contribution is 2.27. The van der Waals surface area contributed by atoms with E-state index in [0.29, 0.717) is 6.54 Å². The Hall–Kier alpha value is -0.870. The van der Waals surface area contributed by atoms with E-state index in [-0.39, 0.29) is 0 Å². The van der Waals surface area contributed by atoms with E-state index in [1.807, 2.05) is 6.33 Å². The van der Waals surface area contributed by atoms with Gasteiger partial charge in [0.2, 0.25) is 0 Å². The minimum atomic E-state index is 0.702. The molecule has 3 rings (SSSR count). The third-order valence-corrected chi connectivity index (χ3v) is 4.24. The lowest BCUT2D eigenvalue weighted by Gasteiger charge is -2.33. The van der Waals surface area contributed by atoms with Crippen molar-refractivity contribution in [1.82, 2.24) is 14.5 Å². The Morgan fingerprint density at radius 1 is 1.29 bits per heavy atom. The number of aromatic nitrogens is 2. The van der Waals surface area contributed by atoms with Crippen LogP contribution in [-0.4, -0.2) is 33.6 Å². The van der Waals surface area contributed by atoms with Gasteiger partial charge in [0.25, 0.3) is 0 Å². The Bertz CT molecular complexity index is 379.